The van der Waals surface area contributed by atoms with Crippen LogP contribution in [0.2, 0.25) is 0 Å². The van der Waals surface area contributed by atoms with E-state index in [0.717, 1.165) is 77.0 Å². The first-order chi connectivity index (χ1) is 31.0. The molecule has 6 heteroatoms. The quantitative estimate of drug-likeness (QED) is 0.0262. The smallest absolute Gasteiger partial charge is 0.306 e. The highest BCUT2D eigenvalue weighted by Gasteiger charge is 2.19. The fourth-order valence-corrected chi connectivity index (χ4v) is 8.24. The van der Waals surface area contributed by atoms with Gasteiger partial charge >= 0.3 is 17.9 Å². The maximum Gasteiger partial charge on any atom is 0.306 e. The van der Waals surface area contributed by atoms with E-state index in [1.54, 1.807) is 0 Å². The third kappa shape index (κ3) is 50.7. The van der Waals surface area contributed by atoms with E-state index in [-0.39, 0.29) is 31.1 Å². The monoisotopic (exact) mass is 887 g/mol. The lowest BCUT2D eigenvalue weighted by atomic mass is 10.0. The molecule has 6 nitrogen and oxygen atoms in total. The van der Waals surface area contributed by atoms with E-state index in [2.05, 4.69) is 45.1 Å². The van der Waals surface area contributed by atoms with Crippen LogP contribution in [0.15, 0.2) is 24.3 Å². The van der Waals surface area contributed by atoms with Gasteiger partial charge in [0, 0.05) is 19.3 Å². The lowest BCUT2D eigenvalue weighted by molar-refractivity contribution is -0.167. The van der Waals surface area contributed by atoms with Crippen LogP contribution in [0.1, 0.15) is 303 Å². The molecule has 1 unspecified atom stereocenters. The Bertz CT molecular complexity index is 1020. The van der Waals surface area contributed by atoms with Gasteiger partial charge in [-0.2, -0.15) is 0 Å². The van der Waals surface area contributed by atoms with Crippen LogP contribution in [0, 0.1) is 0 Å². The molecule has 0 fully saturated rings. The highest BCUT2D eigenvalue weighted by molar-refractivity contribution is 5.71. The van der Waals surface area contributed by atoms with Crippen molar-refractivity contribution < 1.29 is 28.6 Å². The fraction of sp³-hybridized carbons (Fsp3) is 0.877. The lowest BCUT2D eigenvalue weighted by Gasteiger charge is -2.18. The molecule has 0 spiro atoms. The maximum atomic E-state index is 12.8. The van der Waals surface area contributed by atoms with Crippen LogP contribution >= 0.6 is 0 Å². The molecule has 1 atom stereocenters. The highest BCUT2D eigenvalue weighted by atomic mass is 16.6. The molecule has 0 aliphatic carbocycles. The molecule has 0 saturated carbocycles. The molecule has 0 saturated heterocycles. The van der Waals surface area contributed by atoms with Gasteiger partial charge < -0.3 is 14.2 Å². The number of hydrogen-bond donors (Lipinski definition) is 0. The Morgan fingerprint density at radius 3 is 0.905 bits per heavy atom. The van der Waals surface area contributed by atoms with Gasteiger partial charge in [0.2, 0.25) is 0 Å². The highest BCUT2D eigenvalue weighted by Crippen LogP contribution is 2.17. The normalized spacial score (nSPS) is 12.1. The van der Waals surface area contributed by atoms with Crippen molar-refractivity contribution in [2.24, 2.45) is 0 Å². The Hall–Kier alpha value is -2.11. The zero-order chi connectivity index (χ0) is 45.8. The van der Waals surface area contributed by atoms with Crippen molar-refractivity contribution in [2.75, 3.05) is 13.2 Å². The summed E-state index contributed by atoms with van der Waals surface area (Å²) in [4.78, 5) is 38.1. The van der Waals surface area contributed by atoms with Crippen LogP contribution in [0.25, 0.3) is 0 Å². The molecular weight excluding hydrogens is 781 g/mol. The van der Waals surface area contributed by atoms with Crippen molar-refractivity contribution in [3.05, 3.63) is 24.3 Å². The summed E-state index contributed by atoms with van der Waals surface area (Å²) in [6.07, 6.45) is 60.1. The summed E-state index contributed by atoms with van der Waals surface area (Å²) in [6.45, 7) is 6.64. The third-order valence-electron chi connectivity index (χ3n) is 12.5. The molecule has 0 amide bonds. The number of allylic oxidation sites excluding steroid dienone is 4. The molecule has 0 bridgehead atoms. The van der Waals surface area contributed by atoms with E-state index in [0.29, 0.717) is 19.3 Å². The Morgan fingerprint density at radius 1 is 0.317 bits per heavy atom. The zero-order valence-electron chi connectivity index (χ0n) is 42.4. The van der Waals surface area contributed by atoms with Crippen LogP contribution in [-0.4, -0.2) is 37.2 Å². The summed E-state index contributed by atoms with van der Waals surface area (Å²) in [5.41, 5.74) is 0. The second kappa shape index (κ2) is 52.5. The second-order valence-electron chi connectivity index (χ2n) is 18.9. The maximum absolute atomic E-state index is 12.8. The third-order valence-corrected chi connectivity index (χ3v) is 12.5. The van der Waals surface area contributed by atoms with Gasteiger partial charge in [0.1, 0.15) is 13.2 Å². The molecule has 0 aliphatic rings. The molecule has 0 aliphatic heterocycles. The molecule has 0 rings (SSSR count). The summed E-state index contributed by atoms with van der Waals surface area (Å²) in [5.74, 6) is -0.866. The molecule has 0 aromatic carbocycles. The van der Waals surface area contributed by atoms with Crippen LogP contribution in [0.5, 0.6) is 0 Å². The topological polar surface area (TPSA) is 78.9 Å². The molecule has 0 aromatic heterocycles. The van der Waals surface area contributed by atoms with Crippen LogP contribution < -0.4 is 0 Å². The summed E-state index contributed by atoms with van der Waals surface area (Å²) < 4.78 is 16.8. The Labute approximate surface area is 392 Å². The van der Waals surface area contributed by atoms with Gasteiger partial charge in [-0.1, -0.05) is 257 Å². The van der Waals surface area contributed by atoms with Crippen molar-refractivity contribution in [2.45, 2.75) is 309 Å². The number of esters is 3. The van der Waals surface area contributed by atoms with Gasteiger partial charge in [-0.15, -0.1) is 0 Å². The van der Waals surface area contributed by atoms with E-state index in [9.17, 15) is 14.4 Å². The van der Waals surface area contributed by atoms with E-state index >= 15 is 0 Å². The Kier molecular flexibility index (Phi) is 50.8. The van der Waals surface area contributed by atoms with Crippen molar-refractivity contribution in [3.63, 3.8) is 0 Å². The average molecular weight is 887 g/mol. The van der Waals surface area contributed by atoms with E-state index in [4.69, 9.17) is 14.2 Å². The van der Waals surface area contributed by atoms with E-state index < -0.39 is 6.10 Å². The van der Waals surface area contributed by atoms with Gasteiger partial charge in [-0.25, -0.2) is 0 Å². The number of ether oxygens (including phenoxy) is 3. The first-order valence-corrected chi connectivity index (χ1v) is 27.8. The van der Waals surface area contributed by atoms with E-state index in [1.807, 2.05) is 0 Å². The number of rotatable bonds is 51. The van der Waals surface area contributed by atoms with Crippen LogP contribution in [0.3, 0.4) is 0 Å². The zero-order valence-corrected chi connectivity index (χ0v) is 42.4. The lowest BCUT2D eigenvalue weighted by Crippen LogP contribution is -2.30. The van der Waals surface area contributed by atoms with Crippen molar-refractivity contribution >= 4 is 17.9 Å². The molecule has 0 N–H and O–H groups in total. The molecular formula is C57H106O6. The molecule has 370 valence electrons. The number of hydrogen-bond acceptors (Lipinski definition) is 6. The summed E-state index contributed by atoms with van der Waals surface area (Å²) in [5, 5.41) is 0. The largest absolute Gasteiger partial charge is 0.462 e. The Morgan fingerprint density at radius 2 is 0.571 bits per heavy atom. The predicted molar refractivity (Wildman–Crippen MR) is 270 cm³/mol. The molecule has 0 radical (unpaired) electrons. The van der Waals surface area contributed by atoms with Gasteiger partial charge in [0.15, 0.2) is 6.10 Å². The van der Waals surface area contributed by atoms with Gasteiger partial charge in [0.05, 0.1) is 0 Å². The summed E-state index contributed by atoms with van der Waals surface area (Å²) >= 11 is 0. The van der Waals surface area contributed by atoms with Crippen molar-refractivity contribution in [3.8, 4) is 0 Å². The molecule has 63 heavy (non-hydrogen) atoms. The molecule has 0 aromatic rings. The Balaban J connectivity index is 4.35. The van der Waals surface area contributed by atoms with Crippen LogP contribution in [-0.2, 0) is 28.6 Å². The fourth-order valence-electron chi connectivity index (χ4n) is 8.24. The average Bonchev–Trinajstić information content (AvgIpc) is 3.28. The first kappa shape index (κ1) is 60.9. The standard InChI is InChI=1S/C57H106O6/c1-4-7-10-13-16-19-22-25-28-30-32-35-38-41-44-47-50-56(59)62-53-54(52-61-55(58)49-46-43-40-37-34-31-27-24-21-18-15-12-9-6-3)63-57(60)51-48-45-42-39-36-33-29-26-23-20-17-14-11-8-5-2/h17,20,26,29,54H,4-16,18-19,21-25,27-28,30-53H2,1-3H3/b20-17-,29-26-. The number of carbonyl (C=O) groups is 3. The van der Waals surface area contributed by atoms with Crippen molar-refractivity contribution in [1.82, 2.24) is 0 Å². The minimum Gasteiger partial charge on any atom is -0.462 e. The van der Waals surface area contributed by atoms with Crippen LogP contribution in [0.4, 0.5) is 0 Å². The minimum absolute atomic E-state index is 0.0717. The molecule has 0 heterocycles. The van der Waals surface area contributed by atoms with Crippen molar-refractivity contribution in [1.29, 1.82) is 0 Å². The van der Waals surface area contributed by atoms with E-state index in [1.165, 1.54) is 186 Å². The van der Waals surface area contributed by atoms with Gasteiger partial charge in [-0.3, -0.25) is 14.4 Å². The summed E-state index contributed by atoms with van der Waals surface area (Å²) in [6, 6.07) is 0. The predicted octanol–water partition coefficient (Wildman–Crippen LogP) is 18.3. The van der Waals surface area contributed by atoms with Gasteiger partial charge in [-0.05, 0) is 51.4 Å². The summed E-state index contributed by atoms with van der Waals surface area (Å²) in [7, 11) is 0. The van der Waals surface area contributed by atoms with Gasteiger partial charge in [0.25, 0.3) is 0 Å². The second-order valence-corrected chi connectivity index (χ2v) is 18.9. The first-order valence-electron chi connectivity index (χ1n) is 27.8. The minimum atomic E-state index is -0.773. The SMILES string of the molecule is CCCCC/C=C\C/C=C\CCCCCCCC(=O)OC(COC(=O)CCCCCCCCCCCCCCCC)COC(=O)CCCCCCCCCCCCCCCCCC. The number of unbranched alkanes of at least 4 members (excludes halogenated alkanes) is 36. The number of carbonyl (C=O) groups excluding carboxylic acids is 3.